The number of ether oxygens (including phenoxy) is 2. The number of carbonyl (C=O) groups excluding carboxylic acids is 2. The molecule has 0 spiro atoms. The summed E-state index contributed by atoms with van der Waals surface area (Å²) in [6, 6.07) is 21.8. The van der Waals surface area contributed by atoms with Crippen LogP contribution in [0, 0.1) is 0 Å². The van der Waals surface area contributed by atoms with E-state index in [2.05, 4.69) is 10.0 Å². The van der Waals surface area contributed by atoms with E-state index in [9.17, 15) is 18.0 Å². The summed E-state index contributed by atoms with van der Waals surface area (Å²) in [5, 5.41) is 3.56. The Morgan fingerprint density at radius 2 is 1.69 bits per heavy atom. The maximum Gasteiger partial charge on any atom is 0.348 e. The van der Waals surface area contributed by atoms with Crippen molar-refractivity contribution < 1.29 is 27.5 Å². The third-order valence-corrected chi connectivity index (χ3v) is 7.97. The molecule has 186 valence electrons. The lowest BCUT2D eigenvalue weighted by Crippen LogP contribution is -2.26. The minimum absolute atomic E-state index is 0.0949. The first kappa shape index (κ1) is 25.4. The molecular weight excluding hydrogens is 500 g/mol. The minimum Gasteiger partial charge on any atom is -0.484 e. The van der Waals surface area contributed by atoms with Gasteiger partial charge in [-0.15, -0.1) is 11.3 Å². The number of methoxy groups -OCH3 is 1. The second kappa shape index (κ2) is 10.9. The molecule has 0 fully saturated rings. The van der Waals surface area contributed by atoms with E-state index in [1.807, 2.05) is 36.4 Å². The molecular formula is C26H24N2O6S2. The van der Waals surface area contributed by atoms with Gasteiger partial charge in [-0.3, -0.25) is 4.79 Å². The lowest BCUT2D eigenvalue weighted by molar-refractivity contribution is -0.118. The Hall–Kier alpha value is -3.73. The first-order chi connectivity index (χ1) is 17.2. The van der Waals surface area contributed by atoms with Gasteiger partial charge in [-0.1, -0.05) is 30.3 Å². The Labute approximate surface area is 212 Å². The van der Waals surface area contributed by atoms with Crippen LogP contribution < -0.4 is 14.8 Å². The van der Waals surface area contributed by atoms with E-state index in [4.69, 9.17) is 9.47 Å². The lowest BCUT2D eigenvalue weighted by atomic mass is 10.1. The number of carbonyl (C=O) groups is 2. The van der Waals surface area contributed by atoms with Gasteiger partial charge in [0.15, 0.2) is 6.61 Å². The van der Waals surface area contributed by atoms with Crippen molar-refractivity contribution in [3.63, 3.8) is 0 Å². The van der Waals surface area contributed by atoms with Crippen molar-refractivity contribution in [3.8, 4) is 5.75 Å². The monoisotopic (exact) mass is 524 g/mol. The summed E-state index contributed by atoms with van der Waals surface area (Å²) < 4.78 is 39.2. The highest BCUT2D eigenvalue weighted by Gasteiger charge is 2.18. The van der Waals surface area contributed by atoms with Crippen LogP contribution in [0.2, 0.25) is 0 Å². The molecule has 10 heteroatoms. The second-order valence-corrected chi connectivity index (χ2v) is 10.7. The molecule has 1 heterocycles. The number of amides is 1. The number of rotatable bonds is 9. The Balaban J connectivity index is 1.33. The highest BCUT2D eigenvalue weighted by molar-refractivity contribution is 7.89. The lowest BCUT2D eigenvalue weighted by Gasteiger charge is -2.15. The molecule has 0 saturated heterocycles. The number of benzene rings is 3. The molecule has 2 N–H and O–H groups in total. The topological polar surface area (TPSA) is 111 Å². The molecule has 1 amide bonds. The Morgan fingerprint density at radius 3 is 2.39 bits per heavy atom. The molecule has 0 aliphatic rings. The Kier molecular flexibility index (Phi) is 7.68. The van der Waals surface area contributed by atoms with Crippen LogP contribution in [0.5, 0.6) is 5.75 Å². The first-order valence-corrected chi connectivity index (χ1v) is 13.3. The predicted octanol–water partition coefficient (Wildman–Crippen LogP) is 4.74. The van der Waals surface area contributed by atoms with Gasteiger partial charge in [-0.05, 0) is 66.4 Å². The summed E-state index contributed by atoms with van der Waals surface area (Å²) in [7, 11) is -2.41. The van der Waals surface area contributed by atoms with Gasteiger partial charge in [-0.2, -0.15) is 0 Å². The van der Waals surface area contributed by atoms with Crippen molar-refractivity contribution in [1.82, 2.24) is 4.72 Å². The van der Waals surface area contributed by atoms with Crippen molar-refractivity contribution >= 4 is 49.0 Å². The molecule has 36 heavy (non-hydrogen) atoms. The summed E-state index contributed by atoms with van der Waals surface area (Å²) in [5.41, 5.74) is 1.42. The average Bonchev–Trinajstić information content (AvgIpc) is 3.31. The van der Waals surface area contributed by atoms with Crippen LogP contribution in [0.4, 0.5) is 5.69 Å². The zero-order valence-corrected chi connectivity index (χ0v) is 21.2. The summed E-state index contributed by atoms with van der Waals surface area (Å²) in [6.07, 6.45) is 0. The zero-order valence-electron chi connectivity index (χ0n) is 19.6. The van der Waals surface area contributed by atoms with Crippen LogP contribution in [0.15, 0.2) is 83.8 Å². The SMILES string of the molecule is COC(=O)c1cc2cc(NC(=O)COc3ccc(S(=O)(=O)NC(C)c4ccccc4)cc3)ccc2s1. The van der Waals surface area contributed by atoms with Crippen LogP contribution in [0.25, 0.3) is 10.1 Å². The molecule has 1 aromatic heterocycles. The number of fused-ring (bicyclic) bond motifs is 1. The van der Waals surface area contributed by atoms with Gasteiger partial charge in [0.2, 0.25) is 10.0 Å². The van der Waals surface area contributed by atoms with E-state index in [0.29, 0.717) is 16.3 Å². The number of nitrogens with one attached hydrogen (secondary N) is 2. The zero-order chi connectivity index (χ0) is 25.7. The van der Waals surface area contributed by atoms with Gasteiger partial charge in [0.25, 0.3) is 5.91 Å². The minimum atomic E-state index is -3.73. The molecule has 0 aliphatic heterocycles. The molecule has 0 radical (unpaired) electrons. The molecule has 0 saturated carbocycles. The Bertz CT molecular complexity index is 1480. The van der Waals surface area contributed by atoms with Crippen LogP contribution in [0.1, 0.15) is 28.2 Å². The third kappa shape index (κ3) is 6.09. The van der Waals surface area contributed by atoms with E-state index in [1.165, 1.54) is 42.7 Å². The summed E-state index contributed by atoms with van der Waals surface area (Å²) >= 11 is 1.31. The maximum absolute atomic E-state index is 12.7. The van der Waals surface area contributed by atoms with E-state index < -0.39 is 22.0 Å². The van der Waals surface area contributed by atoms with Gasteiger partial charge in [-0.25, -0.2) is 17.9 Å². The Morgan fingerprint density at radius 1 is 0.972 bits per heavy atom. The van der Waals surface area contributed by atoms with Crippen molar-refractivity contribution in [1.29, 1.82) is 0 Å². The second-order valence-electron chi connectivity index (χ2n) is 7.92. The van der Waals surface area contributed by atoms with Crippen molar-refractivity contribution in [2.24, 2.45) is 0 Å². The van der Waals surface area contributed by atoms with Crippen molar-refractivity contribution in [2.45, 2.75) is 17.9 Å². The van der Waals surface area contributed by atoms with E-state index >= 15 is 0 Å². The molecule has 0 bridgehead atoms. The molecule has 4 aromatic rings. The third-order valence-electron chi connectivity index (χ3n) is 5.32. The smallest absolute Gasteiger partial charge is 0.348 e. The molecule has 1 unspecified atom stereocenters. The summed E-state index contributed by atoms with van der Waals surface area (Å²) in [5.74, 6) is -0.431. The number of anilines is 1. The average molecular weight is 525 g/mol. The van der Waals surface area contributed by atoms with Crippen LogP contribution in [-0.2, 0) is 19.6 Å². The summed E-state index contributed by atoms with van der Waals surface area (Å²) in [4.78, 5) is 24.6. The van der Waals surface area contributed by atoms with Gasteiger partial charge in [0.05, 0.1) is 12.0 Å². The highest BCUT2D eigenvalue weighted by atomic mass is 32.2. The summed E-state index contributed by atoms with van der Waals surface area (Å²) in [6.45, 7) is 1.52. The predicted molar refractivity (Wildman–Crippen MR) is 139 cm³/mol. The van der Waals surface area contributed by atoms with Gasteiger partial charge in [0.1, 0.15) is 10.6 Å². The van der Waals surface area contributed by atoms with E-state index in [-0.39, 0.29) is 17.4 Å². The molecule has 1 atom stereocenters. The van der Waals surface area contributed by atoms with Crippen molar-refractivity contribution in [2.75, 3.05) is 19.0 Å². The van der Waals surface area contributed by atoms with Gasteiger partial charge < -0.3 is 14.8 Å². The number of sulfonamides is 1. The molecule has 3 aromatic carbocycles. The van der Waals surface area contributed by atoms with Gasteiger partial charge in [0, 0.05) is 16.4 Å². The fourth-order valence-electron chi connectivity index (χ4n) is 3.49. The van der Waals surface area contributed by atoms with E-state index in [1.54, 1.807) is 25.1 Å². The first-order valence-electron chi connectivity index (χ1n) is 11.0. The van der Waals surface area contributed by atoms with Crippen LogP contribution in [-0.4, -0.2) is 34.0 Å². The van der Waals surface area contributed by atoms with Crippen LogP contribution >= 0.6 is 11.3 Å². The molecule has 0 aliphatic carbocycles. The highest BCUT2D eigenvalue weighted by Crippen LogP contribution is 2.28. The fourth-order valence-corrected chi connectivity index (χ4v) is 5.69. The number of thiophene rings is 1. The van der Waals surface area contributed by atoms with Crippen LogP contribution in [0.3, 0.4) is 0 Å². The maximum atomic E-state index is 12.7. The quantitative estimate of drug-likeness (QED) is 0.306. The van der Waals surface area contributed by atoms with Crippen molar-refractivity contribution in [3.05, 3.63) is 89.3 Å². The van der Waals surface area contributed by atoms with E-state index in [0.717, 1.165) is 15.6 Å². The van der Waals surface area contributed by atoms with Gasteiger partial charge >= 0.3 is 5.97 Å². The molecule has 8 nitrogen and oxygen atoms in total. The molecule has 4 rings (SSSR count). The number of hydrogen-bond donors (Lipinski definition) is 2. The normalized spacial score (nSPS) is 12.2. The fraction of sp³-hybridized carbons (Fsp3) is 0.154. The number of hydrogen-bond acceptors (Lipinski definition) is 7. The largest absolute Gasteiger partial charge is 0.484 e. The standard InChI is InChI=1S/C26H24N2O6S2/c1-17(18-6-4-3-5-7-18)28-36(31,32)22-11-9-21(10-12-22)34-16-25(29)27-20-8-13-23-19(14-20)15-24(35-23)26(30)33-2/h3-15,17,28H,16H2,1-2H3,(H,27,29). The number of esters is 1.